The largest absolute Gasteiger partial charge is 0.236 e. The van der Waals surface area contributed by atoms with Crippen LogP contribution in [0.3, 0.4) is 0 Å². The van der Waals surface area contributed by atoms with E-state index in [0.717, 1.165) is 12.5 Å². The Morgan fingerprint density at radius 3 is 2.00 bits per heavy atom. The molecule has 0 N–H and O–H groups in total. The van der Waals surface area contributed by atoms with Gasteiger partial charge >= 0.3 is 0 Å². The second kappa shape index (κ2) is 3.97. The molecule has 10 heavy (non-hydrogen) atoms. The minimum absolute atomic E-state index is 0.162. The van der Waals surface area contributed by atoms with Crippen LogP contribution in [0.5, 0.6) is 0 Å². The van der Waals surface area contributed by atoms with E-state index in [9.17, 15) is 0 Å². The van der Waals surface area contributed by atoms with Gasteiger partial charge in [-0.3, -0.25) is 0 Å². The summed E-state index contributed by atoms with van der Waals surface area (Å²) in [6, 6.07) is 0. The lowest BCUT2D eigenvalue weighted by Crippen LogP contribution is -2.29. The van der Waals surface area contributed by atoms with E-state index in [2.05, 4.69) is 39.9 Å². The first-order valence-corrected chi connectivity index (χ1v) is 4.10. The maximum Gasteiger partial charge on any atom is 0.0272 e. The molecule has 61 valence electrons. The fourth-order valence-electron chi connectivity index (χ4n) is 0.658. The molecule has 1 nitrogen and oxygen atoms in total. The van der Waals surface area contributed by atoms with Crippen LogP contribution in [0.4, 0.5) is 0 Å². The SMILES string of the molecule is CC(C)CC[N]C(C)(C)C. The van der Waals surface area contributed by atoms with Crippen molar-refractivity contribution in [2.45, 2.75) is 46.6 Å². The zero-order valence-corrected chi connectivity index (χ0v) is 7.94. The molecule has 0 rings (SSSR count). The van der Waals surface area contributed by atoms with Gasteiger partial charge < -0.3 is 0 Å². The van der Waals surface area contributed by atoms with Crippen LogP contribution in [-0.4, -0.2) is 12.1 Å². The van der Waals surface area contributed by atoms with Gasteiger partial charge in [0, 0.05) is 12.1 Å². The molecule has 0 bridgehead atoms. The van der Waals surface area contributed by atoms with Crippen LogP contribution in [0, 0.1) is 5.92 Å². The van der Waals surface area contributed by atoms with E-state index in [1.807, 2.05) is 0 Å². The van der Waals surface area contributed by atoms with E-state index in [-0.39, 0.29) is 5.54 Å². The smallest absolute Gasteiger partial charge is 0.0272 e. The van der Waals surface area contributed by atoms with Crippen molar-refractivity contribution in [3.8, 4) is 0 Å². The summed E-state index contributed by atoms with van der Waals surface area (Å²) in [5.74, 6) is 0.783. The molecule has 0 spiro atoms. The van der Waals surface area contributed by atoms with E-state index in [1.54, 1.807) is 0 Å². The Bertz CT molecular complexity index is 79.2. The molecule has 1 heteroatoms. The fourth-order valence-corrected chi connectivity index (χ4v) is 0.658. The van der Waals surface area contributed by atoms with Gasteiger partial charge in [-0.2, -0.15) is 0 Å². The van der Waals surface area contributed by atoms with Gasteiger partial charge in [-0.05, 0) is 33.1 Å². The molecule has 0 atom stereocenters. The lowest BCUT2D eigenvalue weighted by molar-refractivity contribution is 0.393. The van der Waals surface area contributed by atoms with Gasteiger partial charge in [0.25, 0.3) is 0 Å². The molecule has 0 heterocycles. The summed E-state index contributed by atoms with van der Waals surface area (Å²) in [6.45, 7) is 11.9. The Morgan fingerprint density at radius 2 is 1.70 bits per heavy atom. The standard InChI is InChI=1S/C9H20N/c1-8(2)6-7-10-9(3,4)5/h8H,6-7H2,1-5H3. The minimum Gasteiger partial charge on any atom is -0.236 e. The van der Waals surface area contributed by atoms with Crippen molar-refractivity contribution in [3.63, 3.8) is 0 Å². The molecule has 0 saturated carbocycles. The number of hydrogen-bond donors (Lipinski definition) is 0. The molecule has 0 aliphatic carbocycles. The van der Waals surface area contributed by atoms with E-state index in [1.165, 1.54) is 6.42 Å². The number of rotatable bonds is 3. The van der Waals surface area contributed by atoms with E-state index < -0.39 is 0 Å². The van der Waals surface area contributed by atoms with E-state index in [0.29, 0.717) is 0 Å². The van der Waals surface area contributed by atoms with Crippen LogP contribution < -0.4 is 5.32 Å². The van der Waals surface area contributed by atoms with Crippen molar-refractivity contribution < 1.29 is 0 Å². The van der Waals surface area contributed by atoms with Crippen LogP contribution in [0.15, 0.2) is 0 Å². The van der Waals surface area contributed by atoms with Crippen LogP contribution >= 0.6 is 0 Å². The summed E-state index contributed by atoms with van der Waals surface area (Å²) in [4.78, 5) is 0. The first-order valence-electron chi connectivity index (χ1n) is 4.10. The Hall–Kier alpha value is -0.0400. The molecule has 0 saturated heterocycles. The fraction of sp³-hybridized carbons (Fsp3) is 1.00. The second-order valence-electron chi connectivity index (χ2n) is 4.24. The Labute approximate surface area is 65.2 Å². The summed E-state index contributed by atoms with van der Waals surface area (Å²) < 4.78 is 0. The topological polar surface area (TPSA) is 14.1 Å². The molecule has 0 aromatic carbocycles. The third-order valence-electron chi connectivity index (χ3n) is 1.29. The lowest BCUT2D eigenvalue weighted by atomic mass is 10.1. The highest BCUT2D eigenvalue weighted by Gasteiger charge is 2.09. The maximum atomic E-state index is 4.50. The van der Waals surface area contributed by atoms with Gasteiger partial charge in [0.1, 0.15) is 0 Å². The molecule has 0 fully saturated rings. The van der Waals surface area contributed by atoms with Crippen LogP contribution in [0.1, 0.15) is 41.0 Å². The Balaban J connectivity index is 3.21. The van der Waals surface area contributed by atoms with Crippen LogP contribution in [0.2, 0.25) is 0 Å². The molecule has 1 radical (unpaired) electrons. The quantitative estimate of drug-likeness (QED) is 0.574. The summed E-state index contributed by atoms with van der Waals surface area (Å²) in [6.07, 6.45) is 1.22. The molecule has 0 aromatic heterocycles. The van der Waals surface area contributed by atoms with Crippen LogP contribution in [0.25, 0.3) is 0 Å². The van der Waals surface area contributed by atoms with Gasteiger partial charge in [-0.1, -0.05) is 13.8 Å². The average molecular weight is 142 g/mol. The van der Waals surface area contributed by atoms with E-state index in [4.69, 9.17) is 0 Å². The van der Waals surface area contributed by atoms with Gasteiger partial charge in [0.2, 0.25) is 0 Å². The highest BCUT2D eigenvalue weighted by Crippen LogP contribution is 2.03. The number of nitrogens with zero attached hydrogens (tertiary/aromatic N) is 1. The highest BCUT2D eigenvalue weighted by atomic mass is 14.9. The lowest BCUT2D eigenvalue weighted by Gasteiger charge is -2.18. The summed E-state index contributed by atoms with van der Waals surface area (Å²) in [5.41, 5.74) is 0.162. The Kier molecular flexibility index (Phi) is 3.95. The highest BCUT2D eigenvalue weighted by molar-refractivity contribution is 4.69. The molecule has 0 aromatic rings. The monoisotopic (exact) mass is 142 g/mol. The van der Waals surface area contributed by atoms with Crippen molar-refractivity contribution in [1.82, 2.24) is 5.32 Å². The predicted molar refractivity (Wildman–Crippen MR) is 46.2 cm³/mol. The average Bonchev–Trinajstić information content (AvgIpc) is 1.59. The molecule has 0 aliphatic heterocycles. The van der Waals surface area contributed by atoms with Gasteiger partial charge in [-0.25, -0.2) is 5.32 Å². The minimum atomic E-state index is 0.162. The van der Waals surface area contributed by atoms with Crippen molar-refractivity contribution in [3.05, 3.63) is 0 Å². The molecule has 0 aliphatic rings. The first-order chi connectivity index (χ1) is 4.42. The molecular weight excluding hydrogens is 122 g/mol. The third-order valence-corrected chi connectivity index (χ3v) is 1.29. The zero-order valence-electron chi connectivity index (χ0n) is 7.94. The van der Waals surface area contributed by atoms with Gasteiger partial charge in [0.05, 0.1) is 0 Å². The van der Waals surface area contributed by atoms with Gasteiger partial charge in [0.15, 0.2) is 0 Å². The second-order valence-corrected chi connectivity index (χ2v) is 4.24. The first kappa shape index (κ1) is 9.96. The normalized spacial score (nSPS) is 12.6. The van der Waals surface area contributed by atoms with Gasteiger partial charge in [-0.15, -0.1) is 0 Å². The number of hydrogen-bond acceptors (Lipinski definition) is 0. The maximum absolute atomic E-state index is 4.50. The third kappa shape index (κ3) is 7.96. The molecule has 0 unspecified atom stereocenters. The summed E-state index contributed by atoms with van der Waals surface area (Å²) >= 11 is 0. The van der Waals surface area contributed by atoms with Crippen molar-refractivity contribution in [2.75, 3.05) is 6.54 Å². The van der Waals surface area contributed by atoms with Crippen LogP contribution in [-0.2, 0) is 0 Å². The summed E-state index contributed by atoms with van der Waals surface area (Å²) in [7, 11) is 0. The summed E-state index contributed by atoms with van der Waals surface area (Å²) in [5, 5.41) is 4.50. The predicted octanol–water partition coefficient (Wildman–Crippen LogP) is 2.44. The molecular formula is C9H20N. The van der Waals surface area contributed by atoms with E-state index >= 15 is 0 Å². The van der Waals surface area contributed by atoms with Crippen molar-refractivity contribution in [2.24, 2.45) is 5.92 Å². The molecule has 0 amide bonds. The zero-order chi connectivity index (χ0) is 8.20. The Morgan fingerprint density at radius 1 is 1.20 bits per heavy atom. The van der Waals surface area contributed by atoms with Crippen molar-refractivity contribution in [1.29, 1.82) is 0 Å². The van der Waals surface area contributed by atoms with Crippen molar-refractivity contribution >= 4 is 0 Å².